The van der Waals surface area contributed by atoms with Gasteiger partial charge in [0, 0.05) is 23.1 Å². The van der Waals surface area contributed by atoms with E-state index in [1.165, 1.54) is 12.1 Å². The fourth-order valence-electron chi connectivity index (χ4n) is 2.84. The first kappa shape index (κ1) is 21.7. The topological polar surface area (TPSA) is 96.0 Å². The molecule has 0 saturated carbocycles. The van der Waals surface area contributed by atoms with Gasteiger partial charge in [-0.3, -0.25) is 4.72 Å². The Balaban J connectivity index is 1.69. The minimum absolute atomic E-state index is 0.121. The molecule has 0 aliphatic rings. The van der Waals surface area contributed by atoms with E-state index < -0.39 is 10.0 Å². The first-order chi connectivity index (χ1) is 14.1. The monoisotopic (exact) mass is 441 g/mol. The second-order valence-electron chi connectivity index (χ2n) is 6.97. The molecule has 30 heavy (non-hydrogen) atoms. The van der Waals surface area contributed by atoms with Crippen LogP contribution in [0.15, 0.2) is 53.4 Å². The highest BCUT2D eigenvalue weighted by atomic mass is 32.2. The average Bonchev–Trinajstić information content (AvgIpc) is 2.64. The quantitative estimate of drug-likeness (QED) is 0.508. The van der Waals surface area contributed by atoms with Crippen molar-refractivity contribution in [3.05, 3.63) is 71.2 Å². The van der Waals surface area contributed by atoms with Crippen LogP contribution in [-0.2, 0) is 10.0 Å². The molecule has 0 aliphatic heterocycles. The molecule has 3 rings (SSSR count). The van der Waals surface area contributed by atoms with E-state index in [1.54, 1.807) is 32.0 Å². The van der Waals surface area contributed by atoms with Gasteiger partial charge >= 0.3 is 0 Å². The summed E-state index contributed by atoms with van der Waals surface area (Å²) in [5.74, 6) is 0.734. The number of rotatable bonds is 5. The predicted octanol–water partition coefficient (Wildman–Crippen LogP) is 4.32. The van der Waals surface area contributed by atoms with Crippen LogP contribution in [0.1, 0.15) is 22.6 Å². The van der Waals surface area contributed by atoms with Crippen LogP contribution in [0.4, 0.5) is 17.2 Å². The third-order valence-electron chi connectivity index (χ3n) is 4.27. The highest BCUT2D eigenvalue weighted by Crippen LogP contribution is 2.19. The molecule has 2 aromatic carbocycles. The maximum atomic E-state index is 12.6. The van der Waals surface area contributed by atoms with Gasteiger partial charge in [0.25, 0.3) is 10.0 Å². The average molecular weight is 442 g/mol. The van der Waals surface area contributed by atoms with Crippen LogP contribution in [0.5, 0.6) is 0 Å². The molecule has 1 aromatic heterocycles. The Labute approximate surface area is 182 Å². The van der Waals surface area contributed by atoms with Gasteiger partial charge < -0.3 is 10.6 Å². The number of hydrogen-bond donors (Lipinski definition) is 3. The lowest BCUT2D eigenvalue weighted by Gasteiger charge is -2.14. The minimum Gasteiger partial charge on any atom is -0.332 e. The van der Waals surface area contributed by atoms with Gasteiger partial charge in [-0.2, -0.15) is 0 Å². The smallest absolute Gasteiger partial charge is 0.263 e. The van der Waals surface area contributed by atoms with Crippen molar-refractivity contribution in [2.24, 2.45) is 0 Å². The van der Waals surface area contributed by atoms with Gasteiger partial charge in [-0.15, -0.1) is 0 Å². The van der Waals surface area contributed by atoms with Crippen molar-refractivity contribution in [1.29, 1.82) is 0 Å². The summed E-state index contributed by atoms with van der Waals surface area (Å²) in [4.78, 5) is 8.38. The first-order valence-corrected chi connectivity index (χ1v) is 11.1. The van der Waals surface area contributed by atoms with Crippen LogP contribution in [0.2, 0.25) is 0 Å². The van der Waals surface area contributed by atoms with E-state index in [0.717, 1.165) is 16.8 Å². The van der Waals surface area contributed by atoms with E-state index >= 15 is 0 Å². The number of anilines is 3. The summed E-state index contributed by atoms with van der Waals surface area (Å²) in [5, 5.41) is 6.65. The van der Waals surface area contributed by atoms with E-state index in [-0.39, 0.29) is 10.7 Å². The zero-order valence-corrected chi connectivity index (χ0v) is 18.8. The molecule has 0 radical (unpaired) electrons. The predicted molar refractivity (Wildman–Crippen MR) is 125 cm³/mol. The number of benzene rings is 2. The van der Waals surface area contributed by atoms with Gasteiger partial charge in [0.1, 0.15) is 11.6 Å². The molecule has 0 bridgehead atoms. The van der Waals surface area contributed by atoms with E-state index in [1.807, 2.05) is 32.0 Å². The fourth-order valence-corrected chi connectivity index (χ4v) is 4.06. The Morgan fingerprint density at radius 1 is 0.900 bits per heavy atom. The minimum atomic E-state index is -3.77. The van der Waals surface area contributed by atoms with Crippen LogP contribution in [0, 0.1) is 27.7 Å². The normalized spacial score (nSPS) is 11.1. The molecule has 0 fully saturated rings. The molecule has 3 aromatic rings. The maximum Gasteiger partial charge on any atom is 0.263 e. The number of sulfonamides is 1. The van der Waals surface area contributed by atoms with Gasteiger partial charge in [0.05, 0.1) is 4.90 Å². The van der Waals surface area contributed by atoms with Crippen molar-refractivity contribution in [2.45, 2.75) is 32.6 Å². The fraction of sp³-hybridized carbons (Fsp3) is 0.190. The highest BCUT2D eigenvalue weighted by molar-refractivity contribution is 7.92. The van der Waals surface area contributed by atoms with Crippen molar-refractivity contribution >= 4 is 44.5 Å². The molecular weight excluding hydrogens is 418 g/mol. The second kappa shape index (κ2) is 8.76. The maximum absolute atomic E-state index is 12.6. The van der Waals surface area contributed by atoms with Crippen LogP contribution in [0.3, 0.4) is 0 Å². The Hall–Kier alpha value is -3.04. The van der Waals surface area contributed by atoms with Gasteiger partial charge in [-0.25, -0.2) is 18.4 Å². The van der Waals surface area contributed by atoms with E-state index in [4.69, 9.17) is 12.2 Å². The SMILES string of the molecule is Cc1ccc(C)c(NC(=S)Nc2ccc(S(=O)(=O)Nc3cc(C)nc(C)n3)cc2)c1. The van der Waals surface area contributed by atoms with Gasteiger partial charge in [-0.1, -0.05) is 12.1 Å². The van der Waals surface area contributed by atoms with Crippen molar-refractivity contribution < 1.29 is 8.42 Å². The summed E-state index contributed by atoms with van der Waals surface area (Å²) in [6, 6.07) is 14.0. The number of nitrogens with one attached hydrogen (secondary N) is 3. The molecule has 9 heteroatoms. The van der Waals surface area contributed by atoms with E-state index in [0.29, 0.717) is 22.3 Å². The van der Waals surface area contributed by atoms with Gasteiger partial charge in [0.15, 0.2) is 5.11 Å². The first-order valence-electron chi connectivity index (χ1n) is 9.23. The number of hydrogen-bond acceptors (Lipinski definition) is 5. The van der Waals surface area contributed by atoms with Crippen molar-refractivity contribution in [3.8, 4) is 0 Å². The Kier molecular flexibility index (Phi) is 6.33. The molecule has 0 unspecified atom stereocenters. The number of thiocarbonyl (C=S) groups is 1. The van der Waals surface area contributed by atoms with Crippen LogP contribution < -0.4 is 15.4 Å². The lowest BCUT2D eigenvalue weighted by molar-refractivity contribution is 0.601. The highest BCUT2D eigenvalue weighted by Gasteiger charge is 2.15. The zero-order valence-electron chi connectivity index (χ0n) is 17.1. The van der Waals surface area contributed by atoms with Crippen LogP contribution in [-0.4, -0.2) is 23.5 Å². The Bertz CT molecular complexity index is 1170. The van der Waals surface area contributed by atoms with E-state index in [9.17, 15) is 8.42 Å². The molecule has 3 N–H and O–H groups in total. The largest absolute Gasteiger partial charge is 0.332 e. The van der Waals surface area contributed by atoms with Gasteiger partial charge in [0.2, 0.25) is 0 Å². The summed E-state index contributed by atoms with van der Waals surface area (Å²) >= 11 is 5.37. The molecule has 0 saturated heterocycles. The van der Waals surface area contributed by atoms with Crippen LogP contribution >= 0.6 is 12.2 Å². The Morgan fingerprint density at radius 3 is 2.27 bits per heavy atom. The summed E-state index contributed by atoms with van der Waals surface area (Å²) < 4.78 is 27.8. The molecular formula is C21H23N5O2S2. The molecule has 1 heterocycles. The molecule has 7 nitrogen and oxygen atoms in total. The third kappa shape index (κ3) is 5.52. The van der Waals surface area contributed by atoms with Crippen molar-refractivity contribution in [1.82, 2.24) is 9.97 Å². The van der Waals surface area contributed by atoms with Gasteiger partial charge in [-0.05, 0) is 81.4 Å². The van der Waals surface area contributed by atoms with E-state index in [2.05, 4.69) is 25.3 Å². The Morgan fingerprint density at radius 2 is 1.60 bits per heavy atom. The van der Waals surface area contributed by atoms with Crippen molar-refractivity contribution in [2.75, 3.05) is 15.4 Å². The standard InChI is InChI=1S/C21H23N5O2S2/c1-13-5-6-14(2)19(11-13)25-21(29)24-17-7-9-18(10-8-17)30(27,28)26-20-12-15(3)22-16(4)23-20/h5-12H,1-4H3,(H,22,23,26)(H2,24,25,29). The third-order valence-corrected chi connectivity index (χ3v) is 5.84. The molecule has 0 spiro atoms. The number of nitrogens with zero attached hydrogens (tertiary/aromatic N) is 2. The summed E-state index contributed by atoms with van der Waals surface area (Å²) in [7, 11) is -3.77. The zero-order chi connectivity index (χ0) is 21.9. The summed E-state index contributed by atoms with van der Waals surface area (Å²) in [5.41, 5.74) is 4.48. The molecule has 0 amide bonds. The summed E-state index contributed by atoms with van der Waals surface area (Å²) in [6.45, 7) is 7.50. The second-order valence-corrected chi connectivity index (χ2v) is 9.06. The summed E-state index contributed by atoms with van der Waals surface area (Å²) in [6.07, 6.45) is 0. The lowest BCUT2D eigenvalue weighted by Crippen LogP contribution is -2.20. The number of aryl methyl sites for hydroxylation is 4. The van der Waals surface area contributed by atoms with Crippen molar-refractivity contribution in [3.63, 3.8) is 0 Å². The van der Waals surface area contributed by atoms with Crippen LogP contribution in [0.25, 0.3) is 0 Å². The number of aromatic nitrogens is 2. The molecule has 0 atom stereocenters. The molecule has 0 aliphatic carbocycles. The lowest BCUT2D eigenvalue weighted by atomic mass is 10.1. The molecule has 156 valence electrons.